The minimum Gasteiger partial charge on any atom is -0.432 e. The van der Waals surface area contributed by atoms with Crippen LogP contribution in [0.15, 0.2) is 53.4 Å². The Morgan fingerprint density at radius 3 is 2.64 bits per heavy atom. The standard InChI is InChI=1S/C23H25F3N6O/c1-22(2,14-31(3)4)13-28-20-27-9-8-17(29-20)19-18(30-21-32(19)10-11-33-21)15-6-5-7-16(12-15)23(24,25)26/h5-12H,13-14H2,1-4H3,(H,27,28,29). The van der Waals surface area contributed by atoms with E-state index in [0.717, 1.165) is 18.7 Å². The number of hydrogen-bond acceptors (Lipinski definition) is 6. The van der Waals surface area contributed by atoms with Crippen molar-refractivity contribution in [2.45, 2.75) is 20.0 Å². The molecule has 0 fully saturated rings. The average molecular weight is 458 g/mol. The second-order valence-corrected chi connectivity index (χ2v) is 8.96. The number of imidazole rings is 1. The normalized spacial score (nSPS) is 12.6. The van der Waals surface area contributed by atoms with Crippen molar-refractivity contribution in [1.29, 1.82) is 0 Å². The van der Waals surface area contributed by atoms with Crippen LogP contribution in [0.5, 0.6) is 0 Å². The van der Waals surface area contributed by atoms with E-state index in [1.165, 1.54) is 12.3 Å². The van der Waals surface area contributed by atoms with Gasteiger partial charge in [-0.05, 0) is 37.7 Å². The zero-order valence-corrected chi connectivity index (χ0v) is 18.8. The van der Waals surface area contributed by atoms with Gasteiger partial charge in [0.25, 0.3) is 0 Å². The highest BCUT2D eigenvalue weighted by molar-refractivity contribution is 5.80. The van der Waals surface area contributed by atoms with Gasteiger partial charge in [0.15, 0.2) is 0 Å². The van der Waals surface area contributed by atoms with Gasteiger partial charge in [-0.1, -0.05) is 26.0 Å². The van der Waals surface area contributed by atoms with Crippen LogP contribution in [-0.4, -0.2) is 51.4 Å². The van der Waals surface area contributed by atoms with Gasteiger partial charge in [-0.15, -0.1) is 0 Å². The number of halogens is 3. The molecule has 1 aromatic carbocycles. The number of fused-ring (bicyclic) bond motifs is 1. The van der Waals surface area contributed by atoms with Crippen LogP contribution in [-0.2, 0) is 6.18 Å². The van der Waals surface area contributed by atoms with Crippen LogP contribution in [0.25, 0.3) is 28.5 Å². The summed E-state index contributed by atoms with van der Waals surface area (Å²) in [5, 5.41) is 3.27. The van der Waals surface area contributed by atoms with Gasteiger partial charge in [0.05, 0.1) is 11.3 Å². The first-order valence-corrected chi connectivity index (χ1v) is 10.4. The molecule has 174 valence electrons. The van der Waals surface area contributed by atoms with Crippen molar-refractivity contribution in [2.75, 3.05) is 32.5 Å². The lowest BCUT2D eigenvalue weighted by atomic mass is 9.93. The summed E-state index contributed by atoms with van der Waals surface area (Å²) in [5.41, 5.74) is 0.927. The summed E-state index contributed by atoms with van der Waals surface area (Å²) < 4.78 is 46.9. The van der Waals surface area contributed by atoms with E-state index in [-0.39, 0.29) is 11.3 Å². The fourth-order valence-corrected chi connectivity index (χ4v) is 3.88. The maximum absolute atomic E-state index is 13.3. The van der Waals surface area contributed by atoms with Crippen molar-refractivity contribution in [1.82, 2.24) is 24.3 Å². The highest BCUT2D eigenvalue weighted by Gasteiger charge is 2.31. The van der Waals surface area contributed by atoms with Crippen LogP contribution in [0.1, 0.15) is 19.4 Å². The Morgan fingerprint density at radius 2 is 1.91 bits per heavy atom. The van der Waals surface area contributed by atoms with Gasteiger partial charge in [0.2, 0.25) is 5.95 Å². The van der Waals surface area contributed by atoms with E-state index < -0.39 is 11.7 Å². The van der Waals surface area contributed by atoms with E-state index in [1.54, 1.807) is 28.9 Å². The molecule has 0 amide bonds. The molecule has 0 aliphatic heterocycles. The topological polar surface area (TPSA) is 71.5 Å². The predicted molar refractivity (Wildman–Crippen MR) is 120 cm³/mol. The SMILES string of the molecule is CN(C)CC(C)(C)CNc1nccc(-c2c(-c3cccc(C(F)(F)F)c3)nc3occn23)n1. The first-order valence-electron chi connectivity index (χ1n) is 10.4. The van der Waals surface area contributed by atoms with Crippen molar-refractivity contribution in [3.05, 3.63) is 54.6 Å². The van der Waals surface area contributed by atoms with E-state index in [4.69, 9.17) is 4.42 Å². The summed E-state index contributed by atoms with van der Waals surface area (Å²) in [6, 6.07) is 6.76. The van der Waals surface area contributed by atoms with Crippen molar-refractivity contribution < 1.29 is 17.6 Å². The number of anilines is 1. The molecule has 0 unspecified atom stereocenters. The van der Waals surface area contributed by atoms with E-state index in [1.807, 2.05) is 14.1 Å². The van der Waals surface area contributed by atoms with E-state index >= 15 is 0 Å². The zero-order chi connectivity index (χ0) is 23.8. The largest absolute Gasteiger partial charge is 0.432 e. The fraction of sp³-hybridized carbons (Fsp3) is 0.348. The number of aromatic nitrogens is 4. The molecule has 4 rings (SSSR count). The van der Waals surface area contributed by atoms with Gasteiger partial charge in [-0.2, -0.15) is 18.2 Å². The minimum atomic E-state index is -4.46. The Kier molecular flexibility index (Phi) is 5.87. The first-order chi connectivity index (χ1) is 15.5. The Morgan fingerprint density at radius 1 is 1.12 bits per heavy atom. The molecule has 1 N–H and O–H groups in total. The van der Waals surface area contributed by atoms with Gasteiger partial charge < -0.3 is 14.6 Å². The smallest absolute Gasteiger partial charge is 0.416 e. The van der Waals surface area contributed by atoms with Crippen LogP contribution in [0, 0.1) is 5.41 Å². The second-order valence-electron chi connectivity index (χ2n) is 8.96. The Labute approximate surface area is 189 Å². The summed E-state index contributed by atoms with van der Waals surface area (Å²) in [4.78, 5) is 15.5. The molecule has 10 heteroatoms. The zero-order valence-electron chi connectivity index (χ0n) is 18.8. The minimum absolute atomic E-state index is 0.0273. The first kappa shape index (κ1) is 22.8. The van der Waals surface area contributed by atoms with Gasteiger partial charge >= 0.3 is 12.0 Å². The van der Waals surface area contributed by atoms with E-state index in [0.29, 0.717) is 35.1 Å². The van der Waals surface area contributed by atoms with Crippen molar-refractivity contribution in [2.24, 2.45) is 5.41 Å². The molecule has 0 spiro atoms. The lowest BCUT2D eigenvalue weighted by Gasteiger charge is -2.28. The summed E-state index contributed by atoms with van der Waals surface area (Å²) in [5.74, 6) is 0.686. The number of hydrogen-bond donors (Lipinski definition) is 1. The van der Waals surface area contributed by atoms with Crippen molar-refractivity contribution in [3.8, 4) is 22.6 Å². The summed E-state index contributed by atoms with van der Waals surface area (Å²) in [6.45, 7) is 5.80. The van der Waals surface area contributed by atoms with Crippen LogP contribution in [0.3, 0.4) is 0 Å². The molecule has 4 aromatic rings. The highest BCUT2D eigenvalue weighted by atomic mass is 19.4. The second kappa shape index (κ2) is 8.51. The predicted octanol–water partition coefficient (Wildman–Crippen LogP) is 5.07. The summed E-state index contributed by atoms with van der Waals surface area (Å²) >= 11 is 0. The Bertz CT molecular complexity index is 1260. The molecule has 0 aliphatic carbocycles. The lowest BCUT2D eigenvalue weighted by Crippen LogP contribution is -2.34. The molecule has 0 atom stereocenters. The van der Waals surface area contributed by atoms with Crippen LogP contribution in [0.2, 0.25) is 0 Å². The number of oxazole rings is 1. The molecule has 3 heterocycles. The third-order valence-corrected chi connectivity index (χ3v) is 5.09. The third-order valence-electron chi connectivity index (χ3n) is 5.09. The fourth-order valence-electron chi connectivity index (χ4n) is 3.88. The monoisotopic (exact) mass is 458 g/mol. The summed E-state index contributed by atoms with van der Waals surface area (Å²) in [7, 11) is 4.04. The molecule has 0 saturated carbocycles. The molecular weight excluding hydrogens is 433 g/mol. The maximum Gasteiger partial charge on any atom is 0.416 e. The van der Waals surface area contributed by atoms with Gasteiger partial charge in [0, 0.05) is 31.0 Å². The highest BCUT2D eigenvalue weighted by Crippen LogP contribution is 2.36. The molecule has 33 heavy (non-hydrogen) atoms. The van der Waals surface area contributed by atoms with Crippen LogP contribution in [0.4, 0.5) is 19.1 Å². The number of nitrogens with zero attached hydrogens (tertiary/aromatic N) is 5. The Hall–Kier alpha value is -3.40. The van der Waals surface area contributed by atoms with Gasteiger partial charge in [0.1, 0.15) is 17.7 Å². The van der Waals surface area contributed by atoms with Crippen LogP contribution < -0.4 is 5.32 Å². The van der Waals surface area contributed by atoms with Crippen LogP contribution >= 0.6 is 0 Å². The van der Waals surface area contributed by atoms with Gasteiger partial charge in [-0.25, -0.2) is 9.97 Å². The van der Waals surface area contributed by atoms with Crippen molar-refractivity contribution >= 4 is 11.8 Å². The number of benzene rings is 1. The molecule has 3 aromatic heterocycles. The molecule has 7 nitrogen and oxygen atoms in total. The van der Waals surface area contributed by atoms with Gasteiger partial charge in [-0.3, -0.25) is 4.40 Å². The third kappa shape index (κ3) is 5.00. The Balaban J connectivity index is 1.73. The van der Waals surface area contributed by atoms with Crippen molar-refractivity contribution in [3.63, 3.8) is 0 Å². The molecule has 0 radical (unpaired) electrons. The molecule has 0 aliphatic rings. The maximum atomic E-state index is 13.3. The number of nitrogens with one attached hydrogen (secondary N) is 1. The lowest BCUT2D eigenvalue weighted by molar-refractivity contribution is -0.137. The van der Waals surface area contributed by atoms with E-state index in [9.17, 15) is 13.2 Å². The van der Waals surface area contributed by atoms with E-state index in [2.05, 4.69) is 39.0 Å². The molecular formula is C23H25F3N6O. The molecule has 0 bridgehead atoms. The quantitative estimate of drug-likeness (QED) is 0.417. The molecule has 0 saturated heterocycles. The number of rotatable bonds is 7. The number of alkyl halides is 3. The average Bonchev–Trinajstić information content (AvgIpc) is 3.32. The summed E-state index contributed by atoms with van der Waals surface area (Å²) in [6.07, 6.45) is 0.273.